The van der Waals surface area contributed by atoms with Crippen molar-refractivity contribution in [2.24, 2.45) is 0 Å². The van der Waals surface area contributed by atoms with E-state index in [2.05, 4.69) is 0 Å². The average Bonchev–Trinajstić information content (AvgIpc) is 1.68. The minimum atomic E-state index is -0.141. The van der Waals surface area contributed by atoms with Gasteiger partial charge in [0.2, 0.25) is 0 Å². The summed E-state index contributed by atoms with van der Waals surface area (Å²) in [4.78, 5) is 19.2. The molecular formula is C4H6O2Si. The van der Waals surface area contributed by atoms with Gasteiger partial charge in [-0.05, 0) is 0 Å². The Hall–Kier alpha value is -0.663. The number of aldehydes is 1. The molecule has 0 fully saturated rings. The van der Waals surface area contributed by atoms with Crippen LogP contribution in [0.4, 0.5) is 0 Å². The van der Waals surface area contributed by atoms with Gasteiger partial charge in [-0.3, -0.25) is 0 Å². The molecule has 0 aliphatic rings. The first-order valence-electron chi connectivity index (χ1n) is 1.97. The molecule has 3 heteroatoms. The highest BCUT2D eigenvalue weighted by Gasteiger charge is 1.88. The van der Waals surface area contributed by atoms with Crippen molar-refractivity contribution in [3.8, 4) is 0 Å². The molecule has 0 saturated carbocycles. The lowest BCUT2D eigenvalue weighted by atomic mass is 10.5. The van der Waals surface area contributed by atoms with Crippen molar-refractivity contribution < 1.29 is 9.59 Å². The molecule has 0 rings (SSSR count). The normalized spacial score (nSPS) is 12.0. The average molecular weight is 114 g/mol. The molecule has 0 radical (unpaired) electrons. The molecule has 0 N–H and O–H groups in total. The maximum absolute atomic E-state index is 9.72. The number of allylic oxidation sites excluding steroid dienone is 1. The van der Waals surface area contributed by atoms with Crippen LogP contribution in [-0.4, -0.2) is 22.5 Å². The summed E-state index contributed by atoms with van der Waals surface area (Å²) in [5, 5.41) is 0. The molecule has 7 heavy (non-hydrogen) atoms. The van der Waals surface area contributed by atoms with Gasteiger partial charge in [-0.25, -0.2) is 4.79 Å². The summed E-state index contributed by atoms with van der Waals surface area (Å²) >= 11 is 0. The van der Waals surface area contributed by atoms with Gasteiger partial charge in [0.15, 0.2) is 0 Å². The topological polar surface area (TPSA) is 34.1 Å². The van der Waals surface area contributed by atoms with Crippen LogP contribution in [0.5, 0.6) is 0 Å². The van der Waals surface area contributed by atoms with E-state index in [4.69, 9.17) is 0 Å². The van der Waals surface area contributed by atoms with E-state index in [1.54, 1.807) is 5.94 Å². The highest BCUT2D eigenvalue weighted by molar-refractivity contribution is 6.21. The fourth-order valence-corrected chi connectivity index (χ4v) is 0.283. The molecule has 0 aliphatic heterocycles. The molecule has 0 bridgehead atoms. The largest absolute Gasteiger partial charge is 0.303 e. The summed E-state index contributed by atoms with van der Waals surface area (Å²) in [7, 11) is 0.713. The minimum absolute atomic E-state index is 0.141. The van der Waals surface area contributed by atoms with Gasteiger partial charge in [0.25, 0.3) is 0 Å². The number of carbonyl (C=O) groups is 1. The second-order valence-electron chi connectivity index (χ2n) is 1.28. The lowest BCUT2D eigenvalue weighted by Crippen LogP contribution is -1.86. The minimum Gasteiger partial charge on any atom is -0.303 e. The van der Waals surface area contributed by atoms with Crippen LogP contribution < -0.4 is 0 Å². The fraction of sp³-hybridized carbons (Fsp3) is 0.250. The third-order valence-electron chi connectivity index (χ3n) is 0.546. The Kier molecular flexibility index (Phi) is 3.19. The summed E-state index contributed by atoms with van der Waals surface area (Å²) in [6.45, 7) is 0. The Balaban J connectivity index is 3.56. The summed E-state index contributed by atoms with van der Waals surface area (Å²) in [6, 6.07) is 0. The predicted octanol–water partition coefficient (Wildman–Crippen LogP) is -1.27. The van der Waals surface area contributed by atoms with Crippen LogP contribution in [0.1, 0.15) is 0 Å². The van der Waals surface area contributed by atoms with Gasteiger partial charge in [-0.2, -0.15) is 0 Å². The van der Waals surface area contributed by atoms with Gasteiger partial charge < -0.3 is 4.79 Å². The third kappa shape index (κ3) is 3.16. The van der Waals surface area contributed by atoms with Crippen LogP contribution in [0.15, 0.2) is 6.08 Å². The highest BCUT2D eigenvalue weighted by Crippen LogP contribution is 1.87. The maximum atomic E-state index is 9.72. The zero-order valence-corrected chi connectivity index (χ0v) is 6.05. The second kappa shape index (κ2) is 3.52. The zero-order chi connectivity index (χ0) is 5.70. The Morgan fingerprint density at radius 1 is 1.71 bits per heavy atom. The molecular weight excluding hydrogens is 108 g/mol. The molecule has 1 unspecified atom stereocenters. The molecule has 0 spiro atoms. The highest BCUT2D eigenvalue weighted by atomic mass is 28.1. The van der Waals surface area contributed by atoms with Crippen LogP contribution >= 0.6 is 0 Å². The molecule has 38 valence electrons. The molecule has 0 aromatic carbocycles. The van der Waals surface area contributed by atoms with E-state index < -0.39 is 0 Å². The Labute approximate surface area is 44.6 Å². The van der Waals surface area contributed by atoms with Crippen LogP contribution in [0.25, 0.3) is 0 Å². The van der Waals surface area contributed by atoms with Gasteiger partial charge >= 0.3 is 0 Å². The first-order valence-corrected chi connectivity index (χ1v) is 3.13. The third-order valence-corrected chi connectivity index (χ3v) is 1.15. The van der Waals surface area contributed by atoms with E-state index in [0.29, 0.717) is 10.2 Å². The SMILES string of the molecule is O=C=CC([SiH3])C=O. The van der Waals surface area contributed by atoms with Gasteiger partial charge in [-0.15, -0.1) is 0 Å². The van der Waals surface area contributed by atoms with Crippen LogP contribution in [0.2, 0.25) is 5.54 Å². The summed E-state index contributed by atoms with van der Waals surface area (Å²) in [5.41, 5.74) is -0.141. The molecule has 0 aliphatic carbocycles. The predicted molar refractivity (Wildman–Crippen MR) is 30.0 cm³/mol. The molecule has 0 aromatic rings. The van der Waals surface area contributed by atoms with E-state index in [1.807, 2.05) is 0 Å². The monoisotopic (exact) mass is 114 g/mol. The first kappa shape index (κ1) is 6.34. The van der Waals surface area contributed by atoms with E-state index in [-0.39, 0.29) is 5.54 Å². The number of hydrogen-bond donors (Lipinski definition) is 0. The number of hydrogen-bond acceptors (Lipinski definition) is 2. The van der Waals surface area contributed by atoms with E-state index in [9.17, 15) is 9.59 Å². The number of rotatable bonds is 2. The Bertz CT molecular complexity index is 104. The van der Waals surface area contributed by atoms with Crippen molar-refractivity contribution in [3.63, 3.8) is 0 Å². The maximum Gasteiger partial charge on any atom is 0.123 e. The van der Waals surface area contributed by atoms with E-state index >= 15 is 0 Å². The van der Waals surface area contributed by atoms with Gasteiger partial charge in [0, 0.05) is 21.9 Å². The van der Waals surface area contributed by atoms with Crippen molar-refractivity contribution in [2.75, 3.05) is 0 Å². The number of carbonyl (C=O) groups excluding carboxylic acids is 2. The van der Waals surface area contributed by atoms with E-state index in [1.165, 1.54) is 6.08 Å². The van der Waals surface area contributed by atoms with Gasteiger partial charge in [0.1, 0.15) is 12.2 Å². The van der Waals surface area contributed by atoms with Gasteiger partial charge in [-0.1, -0.05) is 0 Å². The summed E-state index contributed by atoms with van der Waals surface area (Å²) in [6.07, 6.45) is 1.98. The van der Waals surface area contributed by atoms with Crippen molar-refractivity contribution in [1.29, 1.82) is 0 Å². The summed E-state index contributed by atoms with van der Waals surface area (Å²) < 4.78 is 0. The van der Waals surface area contributed by atoms with Gasteiger partial charge in [0.05, 0.1) is 0 Å². The second-order valence-corrected chi connectivity index (χ2v) is 2.61. The lowest BCUT2D eigenvalue weighted by Gasteiger charge is -1.81. The van der Waals surface area contributed by atoms with Crippen molar-refractivity contribution in [2.45, 2.75) is 5.54 Å². The molecule has 0 saturated heterocycles. The Morgan fingerprint density at radius 3 is 2.43 bits per heavy atom. The van der Waals surface area contributed by atoms with Crippen LogP contribution in [0.3, 0.4) is 0 Å². The van der Waals surface area contributed by atoms with Crippen LogP contribution in [0, 0.1) is 0 Å². The quantitative estimate of drug-likeness (QED) is 0.255. The van der Waals surface area contributed by atoms with Crippen molar-refractivity contribution >= 4 is 22.5 Å². The van der Waals surface area contributed by atoms with Crippen molar-refractivity contribution in [1.82, 2.24) is 0 Å². The lowest BCUT2D eigenvalue weighted by molar-refractivity contribution is -0.107. The van der Waals surface area contributed by atoms with E-state index in [0.717, 1.165) is 6.29 Å². The smallest absolute Gasteiger partial charge is 0.123 e. The standard InChI is InChI=1S/C4H6O2Si/c5-2-1-4(7)3-6/h1,3-4H,7H3. The zero-order valence-electron chi connectivity index (χ0n) is 4.05. The molecule has 0 amide bonds. The molecule has 1 atom stereocenters. The molecule has 2 nitrogen and oxygen atoms in total. The van der Waals surface area contributed by atoms with Crippen LogP contribution in [-0.2, 0) is 9.59 Å². The molecule has 0 aromatic heterocycles. The Morgan fingerprint density at radius 2 is 2.29 bits per heavy atom. The van der Waals surface area contributed by atoms with Crippen molar-refractivity contribution in [3.05, 3.63) is 6.08 Å². The molecule has 0 heterocycles. The summed E-state index contributed by atoms with van der Waals surface area (Å²) in [5.74, 6) is 1.55. The first-order chi connectivity index (χ1) is 3.31. The fourth-order valence-electron chi connectivity index (χ4n) is 0.147.